The quantitative estimate of drug-likeness (QED) is 0.717. The molecule has 0 N–H and O–H groups in total. The Morgan fingerprint density at radius 1 is 1.31 bits per heavy atom. The first-order valence-corrected chi connectivity index (χ1v) is 6.71. The Morgan fingerprint density at radius 2 is 2.06 bits per heavy atom. The highest BCUT2D eigenvalue weighted by Crippen LogP contribution is 2.16. The third-order valence-electron chi connectivity index (χ3n) is 2.27. The van der Waals surface area contributed by atoms with Crippen LogP contribution in [0.5, 0.6) is 0 Å². The lowest BCUT2D eigenvalue weighted by atomic mass is 10.2. The van der Waals surface area contributed by atoms with Crippen LogP contribution in [0.3, 0.4) is 0 Å². The van der Waals surface area contributed by atoms with Crippen LogP contribution in [0, 0.1) is 5.82 Å². The van der Waals surface area contributed by atoms with Gasteiger partial charge in [0.25, 0.3) is 0 Å². The highest BCUT2D eigenvalue weighted by molar-refractivity contribution is 9.10. The van der Waals surface area contributed by atoms with Gasteiger partial charge in [-0.15, -0.1) is 11.6 Å². The smallest absolute Gasteiger partial charge is 0.124 e. The Morgan fingerprint density at radius 3 is 2.62 bits per heavy atom. The Labute approximate surface area is 110 Å². The van der Waals surface area contributed by atoms with Crippen molar-refractivity contribution in [2.45, 2.75) is 19.9 Å². The summed E-state index contributed by atoms with van der Waals surface area (Å²) in [5.41, 5.74) is 0.977. The first-order chi connectivity index (χ1) is 7.65. The summed E-state index contributed by atoms with van der Waals surface area (Å²) in [6, 6.07) is 4.98. The van der Waals surface area contributed by atoms with Crippen LogP contribution >= 0.6 is 27.5 Å². The number of rotatable bonds is 6. The molecule has 1 aromatic carbocycles. The minimum Gasteiger partial charge on any atom is -0.298 e. The predicted molar refractivity (Wildman–Crippen MR) is 70.4 cm³/mol. The minimum atomic E-state index is -0.202. The van der Waals surface area contributed by atoms with E-state index in [9.17, 15) is 4.39 Å². The third kappa shape index (κ3) is 4.81. The molecule has 0 unspecified atom stereocenters. The maximum absolute atomic E-state index is 13.2. The van der Waals surface area contributed by atoms with Crippen molar-refractivity contribution >= 4 is 27.5 Å². The van der Waals surface area contributed by atoms with Gasteiger partial charge in [0.1, 0.15) is 5.82 Å². The summed E-state index contributed by atoms with van der Waals surface area (Å²) < 4.78 is 14.0. The number of benzene rings is 1. The fraction of sp³-hybridized carbons (Fsp3) is 0.500. The Balaban J connectivity index is 2.68. The SMILES string of the molecule is CCCN(CCCl)Cc1cc(F)cc(Br)c1. The van der Waals surface area contributed by atoms with Crippen LogP contribution in [0.4, 0.5) is 4.39 Å². The van der Waals surface area contributed by atoms with Gasteiger partial charge in [-0.2, -0.15) is 0 Å². The molecule has 0 radical (unpaired) electrons. The van der Waals surface area contributed by atoms with Crippen molar-refractivity contribution in [3.63, 3.8) is 0 Å². The van der Waals surface area contributed by atoms with E-state index >= 15 is 0 Å². The van der Waals surface area contributed by atoms with Gasteiger partial charge in [-0.05, 0) is 36.7 Å². The highest BCUT2D eigenvalue weighted by Gasteiger charge is 2.06. The van der Waals surface area contributed by atoms with Crippen molar-refractivity contribution in [3.8, 4) is 0 Å². The van der Waals surface area contributed by atoms with Gasteiger partial charge in [0, 0.05) is 23.4 Å². The van der Waals surface area contributed by atoms with E-state index in [2.05, 4.69) is 27.8 Å². The van der Waals surface area contributed by atoms with Gasteiger partial charge in [0.2, 0.25) is 0 Å². The van der Waals surface area contributed by atoms with E-state index in [1.54, 1.807) is 6.07 Å². The zero-order chi connectivity index (χ0) is 12.0. The monoisotopic (exact) mass is 307 g/mol. The Hall–Kier alpha value is -0.120. The molecule has 0 amide bonds. The maximum Gasteiger partial charge on any atom is 0.124 e. The second-order valence-electron chi connectivity index (χ2n) is 3.74. The Bertz CT molecular complexity index is 307. The Kier molecular flexibility index (Phi) is 6.32. The van der Waals surface area contributed by atoms with Gasteiger partial charge < -0.3 is 0 Å². The number of halogens is 3. The van der Waals surface area contributed by atoms with E-state index in [4.69, 9.17) is 11.6 Å². The van der Waals surface area contributed by atoms with Crippen LogP contribution in [-0.4, -0.2) is 23.9 Å². The summed E-state index contributed by atoms with van der Waals surface area (Å²) in [5.74, 6) is 0.405. The molecule has 0 atom stereocenters. The summed E-state index contributed by atoms with van der Waals surface area (Å²) in [5, 5.41) is 0. The molecule has 0 saturated heterocycles. The molecule has 0 aromatic heterocycles. The summed E-state index contributed by atoms with van der Waals surface area (Å²) in [4.78, 5) is 2.23. The molecule has 0 saturated carbocycles. The second-order valence-corrected chi connectivity index (χ2v) is 5.04. The van der Waals surface area contributed by atoms with E-state index in [-0.39, 0.29) is 5.82 Å². The fourth-order valence-corrected chi connectivity index (χ4v) is 2.42. The zero-order valence-electron chi connectivity index (χ0n) is 9.35. The molecule has 0 aliphatic heterocycles. The average molecular weight is 309 g/mol. The fourth-order valence-electron chi connectivity index (χ4n) is 1.67. The molecular weight excluding hydrogens is 292 g/mol. The van der Waals surface area contributed by atoms with Gasteiger partial charge >= 0.3 is 0 Å². The molecule has 0 heterocycles. The largest absolute Gasteiger partial charge is 0.298 e. The number of hydrogen-bond donors (Lipinski definition) is 0. The van der Waals surface area contributed by atoms with Crippen LogP contribution in [0.25, 0.3) is 0 Å². The zero-order valence-corrected chi connectivity index (χ0v) is 11.7. The third-order valence-corrected chi connectivity index (χ3v) is 2.90. The van der Waals surface area contributed by atoms with E-state index in [1.807, 2.05) is 6.07 Å². The summed E-state index contributed by atoms with van der Waals surface area (Å²) in [6.07, 6.45) is 1.08. The predicted octanol–water partition coefficient (Wildman–Crippen LogP) is 4.04. The van der Waals surface area contributed by atoms with E-state index in [0.29, 0.717) is 5.88 Å². The van der Waals surface area contributed by atoms with Crippen LogP contribution in [0.1, 0.15) is 18.9 Å². The molecule has 1 aromatic rings. The lowest BCUT2D eigenvalue weighted by Crippen LogP contribution is -2.26. The molecule has 1 nitrogen and oxygen atoms in total. The van der Waals surface area contributed by atoms with Crippen LogP contribution in [0.2, 0.25) is 0 Å². The molecule has 0 aliphatic carbocycles. The molecular formula is C12H16BrClFN. The van der Waals surface area contributed by atoms with Crippen molar-refractivity contribution in [1.29, 1.82) is 0 Å². The summed E-state index contributed by atoms with van der Waals surface area (Å²) in [6.45, 7) is 4.70. The van der Waals surface area contributed by atoms with Gasteiger partial charge in [-0.1, -0.05) is 22.9 Å². The van der Waals surface area contributed by atoms with E-state index < -0.39 is 0 Å². The molecule has 4 heteroatoms. The van der Waals surface area contributed by atoms with Crippen molar-refractivity contribution < 1.29 is 4.39 Å². The molecule has 1 rings (SSSR count). The maximum atomic E-state index is 13.2. The van der Waals surface area contributed by atoms with Gasteiger partial charge in [0.05, 0.1) is 0 Å². The molecule has 0 spiro atoms. The van der Waals surface area contributed by atoms with Crippen molar-refractivity contribution in [3.05, 3.63) is 34.1 Å². The lowest BCUT2D eigenvalue weighted by Gasteiger charge is -2.20. The van der Waals surface area contributed by atoms with Crippen molar-refractivity contribution in [2.24, 2.45) is 0 Å². The standard InChI is InChI=1S/C12H16BrClFN/c1-2-4-16(5-3-14)9-10-6-11(13)8-12(15)7-10/h6-8H,2-5,9H2,1H3. The van der Waals surface area contributed by atoms with E-state index in [1.165, 1.54) is 6.07 Å². The van der Waals surface area contributed by atoms with Gasteiger partial charge in [-0.3, -0.25) is 4.90 Å². The first-order valence-electron chi connectivity index (χ1n) is 5.39. The average Bonchev–Trinajstić information content (AvgIpc) is 2.16. The molecule has 0 bridgehead atoms. The van der Waals surface area contributed by atoms with Crippen LogP contribution in [-0.2, 0) is 6.54 Å². The van der Waals surface area contributed by atoms with E-state index in [0.717, 1.165) is 36.1 Å². The van der Waals surface area contributed by atoms with Crippen LogP contribution < -0.4 is 0 Å². The van der Waals surface area contributed by atoms with Crippen molar-refractivity contribution in [1.82, 2.24) is 4.90 Å². The lowest BCUT2D eigenvalue weighted by molar-refractivity contribution is 0.282. The van der Waals surface area contributed by atoms with Crippen LogP contribution in [0.15, 0.2) is 22.7 Å². The highest BCUT2D eigenvalue weighted by atomic mass is 79.9. The topological polar surface area (TPSA) is 3.24 Å². The molecule has 90 valence electrons. The second kappa shape index (κ2) is 7.25. The summed E-state index contributed by atoms with van der Waals surface area (Å²) >= 11 is 9.03. The van der Waals surface area contributed by atoms with Crippen molar-refractivity contribution in [2.75, 3.05) is 19.0 Å². The number of alkyl halides is 1. The summed E-state index contributed by atoms with van der Waals surface area (Å²) in [7, 11) is 0. The number of hydrogen-bond acceptors (Lipinski definition) is 1. The molecule has 0 fully saturated rings. The van der Waals surface area contributed by atoms with Gasteiger partial charge in [-0.25, -0.2) is 4.39 Å². The first kappa shape index (κ1) is 13.9. The van der Waals surface area contributed by atoms with Gasteiger partial charge in [0.15, 0.2) is 0 Å². The molecule has 0 aliphatic rings. The minimum absolute atomic E-state index is 0.202. The normalized spacial score (nSPS) is 11.1. The number of nitrogens with zero attached hydrogens (tertiary/aromatic N) is 1. The molecule has 16 heavy (non-hydrogen) atoms.